The van der Waals surface area contributed by atoms with Gasteiger partial charge in [-0.05, 0) is 40.0 Å². The van der Waals surface area contributed by atoms with Crippen LogP contribution < -0.4 is 5.32 Å². The lowest BCUT2D eigenvalue weighted by atomic mass is 10.2. The highest BCUT2D eigenvalue weighted by Crippen LogP contribution is 2.22. The van der Waals surface area contributed by atoms with Gasteiger partial charge in [0.2, 0.25) is 0 Å². The van der Waals surface area contributed by atoms with Crippen molar-refractivity contribution in [3.05, 3.63) is 33.3 Å². The molecule has 0 atom stereocenters. The second-order valence-corrected chi connectivity index (χ2v) is 5.15. The lowest BCUT2D eigenvalue weighted by Crippen LogP contribution is -2.19. The van der Waals surface area contributed by atoms with E-state index >= 15 is 0 Å². The minimum absolute atomic E-state index is 0.747. The van der Waals surface area contributed by atoms with Crippen LogP contribution in [0.25, 0.3) is 0 Å². The molecule has 1 rings (SSSR count). The molecule has 0 spiro atoms. The van der Waals surface area contributed by atoms with Gasteiger partial charge in [0.1, 0.15) is 0 Å². The molecule has 0 fully saturated rings. The van der Waals surface area contributed by atoms with Crippen LogP contribution in [0.4, 0.5) is 0 Å². The predicted molar refractivity (Wildman–Crippen MR) is 76.6 cm³/mol. The molecule has 0 unspecified atom stereocenters. The molecule has 0 saturated heterocycles. The van der Waals surface area contributed by atoms with E-state index in [1.165, 1.54) is 12.0 Å². The normalized spacial score (nSPS) is 10.8. The number of halogens is 2. The SMILES string of the molecule is CCCCOCCNCc1ccc(Cl)c(Br)c1. The van der Waals surface area contributed by atoms with Crippen LogP contribution in [0.5, 0.6) is 0 Å². The maximum absolute atomic E-state index is 5.93. The van der Waals surface area contributed by atoms with Crippen LogP contribution in [-0.4, -0.2) is 19.8 Å². The Labute approximate surface area is 117 Å². The second-order valence-electron chi connectivity index (χ2n) is 3.89. The van der Waals surface area contributed by atoms with Crippen LogP contribution in [-0.2, 0) is 11.3 Å². The van der Waals surface area contributed by atoms with Crippen molar-refractivity contribution in [3.63, 3.8) is 0 Å². The number of nitrogens with one attached hydrogen (secondary N) is 1. The van der Waals surface area contributed by atoms with Gasteiger partial charge >= 0.3 is 0 Å². The van der Waals surface area contributed by atoms with Crippen LogP contribution in [0.1, 0.15) is 25.3 Å². The van der Waals surface area contributed by atoms with Crippen LogP contribution in [0.15, 0.2) is 22.7 Å². The Bertz CT molecular complexity index is 333. The summed E-state index contributed by atoms with van der Waals surface area (Å²) in [6.07, 6.45) is 2.33. The number of hydrogen-bond acceptors (Lipinski definition) is 2. The zero-order valence-corrected chi connectivity index (χ0v) is 12.5. The van der Waals surface area contributed by atoms with Gasteiger partial charge in [-0.3, -0.25) is 0 Å². The van der Waals surface area contributed by atoms with Crippen molar-refractivity contribution in [1.29, 1.82) is 0 Å². The van der Waals surface area contributed by atoms with Crippen molar-refractivity contribution in [2.75, 3.05) is 19.8 Å². The third kappa shape index (κ3) is 6.41. The molecule has 0 aliphatic rings. The third-order valence-corrected chi connectivity index (χ3v) is 3.59. The monoisotopic (exact) mass is 319 g/mol. The summed E-state index contributed by atoms with van der Waals surface area (Å²) in [6.45, 7) is 5.52. The fourth-order valence-corrected chi connectivity index (χ4v) is 1.92. The summed E-state index contributed by atoms with van der Waals surface area (Å²) in [5.41, 5.74) is 1.22. The lowest BCUT2D eigenvalue weighted by molar-refractivity contribution is 0.133. The summed E-state index contributed by atoms with van der Waals surface area (Å²) in [7, 11) is 0. The third-order valence-electron chi connectivity index (χ3n) is 2.38. The molecular weight excluding hydrogens is 302 g/mol. The summed E-state index contributed by atoms with van der Waals surface area (Å²) < 4.78 is 6.40. The molecule has 2 nitrogen and oxygen atoms in total. The molecule has 1 N–H and O–H groups in total. The Morgan fingerprint density at radius 2 is 2.18 bits per heavy atom. The quantitative estimate of drug-likeness (QED) is 0.731. The number of hydrogen-bond donors (Lipinski definition) is 1. The van der Waals surface area contributed by atoms with Crippen molar-refractivity contribution in [1.82, 2.24) is 5.32 Å². The van der Waals surface area contributed by atoms with E-state index in [1.807, 2.05) is 18.2 Å². The lowest BCUT2D eigenvalue weighted by Gasteiger charge is -2.07. The maximum atomic E-state index is 5.93. The summed E-state index contributed by atoms with van der Waals surface area (Å²) >= 11 is 9.34. The predicted octanol–water partition coefficient (Wildman–Crippen LogP) is 4.01. The van der Waals surface area contributed by atoms with Gasteiger partial charge in [-0.1, -0.05) is 31.0 Å². The molecule has 17 heavy (non-hydrogen) atoms. The molecule has 1 aromatic carbocycles. The fraction of sp³-hybridized carbons (Fsp3) is 0.538. The highest BCUT2D eigenvalue weighted by atomic mass is 79.9. The Hall–Kier alpha value is -0.0900. The largest absolute Gasteiger partial charge is 0.380 e. The van der Waals surface area contributed by atoms with Crippen molar-refractivity contribution >= 4 is 27.5 Å². The zero-order valence-electron chi connectivity index (χ0n) is 10.1. The molecule has 96 valence electrons. The molecule has 0 aliphatic heterocycles. The van der Waals surface area contributed by atoms with E-state index in [9.17, 15) is 0 Å². The molecule has 0 amide bonds. The standard InChI is InChI=1S/C13H19BrClNO/c1-2-3-7-17-8-6-16-10-11-4-5-13(15)12(14)9-11/h4-5,9,16H,2-3,6-8,10H2,1H3. The maximum Gasteiger partial charge on any atom is 0.0591 e. The Morgan fingerprint density at radius 3 is 2.88 bits per heavy atom. The smallest absolute Gasteiger partial charge is 0.0591 e. The molecule has 0 aliphatic carbocycles. The number of unbranched alkanes of at least 4 members (excludes halogenated alkanes) is 1. The molecule has 0 saturated carbocycles. The molecule has 0 radical (unpaired) electrons. The van der Waals surface area contributed by atoms with Crippen LogP contribution in [0.2, 0.25) is 5.02 Å². The van der Waals surface area contributed by atoms with E-state index in [4.69, 9.17) is 16.3 Å². The fourth-order valence-electron chi connectivity index (χ4n) is 1.38. The molecular formula is C13H19BrClNO. The number of rotatable bonds is 8. The van der Waals surface area contributed by atoms with Gasteiger partial charge in [0.15, 0.2) is 0 Å². The topological polar surface area (TPSA) is 21.3 Å². The van der Waals surface area contributed by atoms with Gasteiger partial charge in [-0.15, -0.1) is 0 Å². The van der Waals surface area contributed by atoms with Crippen molar-refractivity contribution in [2.45, 2.75) is 26.3 Å². The minimum atomic E-state index is 0.747. The highest BCUT2D eigenvalue weighted by Gasteiger charge is 1.98. The Morgan fingerprint density at radius 1 is 1.35 bits per heavy atom. The van der Waals surface area contributed by atoms with Crippen molar-refractivity contribution < 1.29 is 4.74 Å². The zero-order chi connectivity index (χ0) is 12.5. The van der Waals surface area contributed by atoms with E-state index in [2.05, 4.69) is 28.2 Å². The van der Waals surface area contributed by atoms with Crippen LogP contribution in [0, 0.1) is 0 Å². The summed E-state index contributed by atoms with van der Waals surface area (Å²) in [4.78, 5) is 0. The van der Waals surface area contributed by atoms with E-state index in [0.717, 1.165) is 42.2 Å². The van der Waals surface area contributed by atoms with E-state index in [1.54, 1.807) is 0 Å². The number of benzene rings is 1. The van der Waals surface area contributed by atoms with Gasteiger partial charge in [-0.2, -0.15) is 0 Å². The molecule has 0 aromatic heterocycles. The first-order valence-corrected chi connectivity index (χ1v) is 7.13. The second kappa shape index (κ2) is 8.92. The summed E-state index contributed by atoms with van der Waals surface area (Å²) in [5.74, 6) is 0. The van der Waals surface area contributed by atoms with Crippen LogP contribution >= 0.6 is 27.5 Å². The average molecular weight is 321 g/mol. The van der Waals surface area contributed by atoms with Gasteiger partial charge in [-0.25, -0.2) is 0 Å². The van der Waals surface area contributed by atoms with E-state index in [0.29, 0.717) is 0 Å². The molecule has 4 heteroatoms. The molecule has 0 heterocycles. The van der Waals surface area contributed by atoms with Gasteiger partial charge < -0.3 is 10.1 Å². The highest BCUT2D eigenvalue weighted by molar-refractivity contribution is 9.10. The first kappa shape index (κ1) is 15.0. The van der Waals surface area contributed by atoms with E-state index < -0.39 is 0 Å². The summed E-state index contributed by atoms with van der Waals surface area (Å²) in [5, 5.41) is 4.08. The van der Waals surface area contributed by atoms with Crippen molar-refractivity contribution in [2.24, 2.45) is 0 Å². The number of ether oxygens (including phenoxy) is 1. The summed E-state index contributed by atoms with van der Waals surface area (Å²) in [6, 6.07) is 5.96. The average Bonchev–Trinajstić information content (AvgIpc) is 2.32. The minimum Gasteiger partial charge on any atom is -0.380 e. The molecule has 0 bridgehead atoms. The Kier molecular flexibility index (Phi) is 7.86. The van der Waals surface area contributed by atoms with Crippen LogP contribution in [0.3, 0.4) is 0 Å². The first-order chi connectivity index (χ1) is 8.24. The van der Waals surface area contributed by atoms with Gasteiger partial charge in [0.05, 0.1) is 11.6 Å². The molecule has 1 aromatic rings. The van der Waals surface area contributed by atoms with E-state index in [-0.39, 0.29) is 0 Å². The van der Waals surface area contributed by atoms with Gasteiger partial charge in [0.25, 0.3) is 0 Å². The first-order valence-electron chi connectivity index (χ1n) is 5.96. The Balaban J connectivity index is 2.11. The van der Waals surface area contributed by atoms with Gasteiger partial charge in [0, 0.05) is 24.2 Å². The van der Waals surface area contributed by atoms with Crippen molar-refractivity contribution in [3.8, 4) is 0 Å².